The van der Waals surface area contributed by atoms with Gasteiger partial charge in [0.25, 0.3) is 11.8 Å². The van der Waals surface area contributed by atoms with Gasteiger partial charge in [-0.1, -0.05) is 0 Å². The highest BCUT2D eigenvalue weighted by molar-refractivity contribution is 6.33. The van der Waals surface area contributed by atoms with Gasteiger partial charge >= 0.3 is 0 Å². The molecule has 1 aromatic heterocycles. The quantitative estimate of drug-likeness (QED) is 0.795. The minimum atomic E-state index is -0.176. The molecule has 4 rings (SSSR count). The molecule has 22 heavy (non-hydrogen) atoms. The molecule has 6 heteroatoms. The first-order valence-electron chi connectivity index (χ1n) is 7.23. The number of carbonyl (C=O) groups excluding carboxylic acids is 2. The van der Waals surface area contributed by atoms with Crippen LogP contribution < -0.4 is 4.90 Å². The first-order valence-corrected chi connectivity index (χ1v) is 7.23. The summed E-state index contributed by atoms with van der Waals surface area (Å²) in [5.41, 5.74) is 2.71. The second-order valence-corrected chi connectivity index (χ2v) is 5.40. The summed E-state index contributed by atoms with van der Waals surface area (Å²) < 4.78 is 5.13. The number of benzene rings is 1. The molecule has 2 heterocycles. The van der Waals surface area contributed by atoms with E-state index in [1.165, 1.54) is 11.3 Å². The maximum absolute atomic E-state index is 12.5. The molecule has 2 aliphatic rings. The van der Waals surface area contributed by atoms with Crippen LogP contribution in [0.3, 0.4) is 0 Å². The normalized spacial score (nSPS) is 18.1. The molecule has 2 aromatic rings. The van der Waals surface area contributed by atoms with E-state index in [2.05, 4.69) is 10.2 Å². The van der Waals surface area contributed by atoms with Crippen LogP contribution in [0.5, 0.6) is 0 Å². The van der Waals surface area contributed by atoms with E-state index in [1.54, 1.807) is 24.3 Å². The molecule has 0 fully saturated rings. The van der Waals surface area contributed by atoms with Crippen molar-refractivity contribution in [3.05, 3.63) is 41.8 Å². The number of amides is 2. The van der Waals surface area contributed by atoms with Crippen molar-refractivity contribution >= 4 is 17.5 Å². The molecule has 0 spiro atoms. The van der Waals surface area contributed by atoms with Crippen molar-refractivity contribution in [1.29, 1.82) is 0 Å². The van der Waals surface area contributed by atoms with Crippen molar-refractivity contribution in [2.75, 3.05) is 4.90 Å². The Morgan fingerprint density at radius 2 is 1.59 bits per heavy atom. The third-order valence-electron chi connectivity index (χ3n) is 4.12. The highest BCUT2D eigenvalue weighted by Gasteiger charge is 2.39. The molecule has 2 amide bonds. The second-order valence-electron chi connectivity index (χ2n) is 5.40. The van der Waals surface area contributed by atoms with E-state index < -0.39 is 0 Å². The number of hydrogen-bond acceptors (Lipinski definition) is 5. The summed E-state index contributed by atoms with van der Waals surface area (Å²) in [7, 11) is 0. The summed E-state index contributed by atoms with van der Waals surface area (Å²) in [5, 5.41) is 7.46. The molecule has 6 nitrogen and oxygen atoms in total. The fourth-order valence-corrected chi connectivity index (χ4v) is 3.03. The summed E-state index contributed by atoms with van der Waals surface area (Å²) >= 11 is 0. The van der Waals surface area contributed by atoms with Crippen LogP contribution in [-0.2, 0) is 9.59 Å². The largest absolute Gasteiger partial charge is 0.423 e. The molecule has 1 aromatic carbocycles. The highest BCUT2D eigenvalue weighted by Crippen LogP contribution is 2.35. The first kappa shape index (κ1) is 12.9. The zero-order valence-corrected chi connectivity index (χ0v) is 11.8. The Bertz CT molecular complexity index is 747. The van der Waals surface area contributed by atoms with Crippen molar-refractivity contribution in [1.82, 2.24) is 10.2 Å². The standard InChI is InChI=1S/C16H13N3O3/c20-15-12-3-1-2-4-13(12)16(21)19(15)11-7-5-10(6-8-11)14-18-17-9-22-14/h5-9H,1-4H2. The van der Waals surface area contributed by atoms with Gasteiger partial charge in [-0.2, -0.15) is 0 Å². The van der Waals surface area contributed by atoms with E-state index in [0.29, 0.717) is 35.6 Å². The van der Waals surface area contributed by atoms with Crippen LogP contribution in [0.1, 0.15) is 25.7 Å². The third-order valence-corrected chi connectivity index (χ3v) is 4.12. The molecule has 0 N–H and O–H groups in total. The van der Waals surface area contributed by atoms with Crippen molar-refractivity contribution in [2.24, 2.45) is 0 Å². The van der Waals surface area contributed by atoms with Crippen LogP contribution >= 0.6 is 0 Å². The zero-order chi connectivity index (χ0) is 15.1. The number of imide groups is 1. The number of carbonyl (C=O) groups is 2. The molecule has 0 bridgehead atoms. The van der Waals surface area contributed by atoms with Crippen molar-refractivity contribution in [3.8, 4) is 11.5 Å². The van der Waals surface area contributed by atoms with E-state index in [4.69, 9.17) is 4.42 Å². The molecular weight excluding hydrogens is 282 g/mol. The average Bonchev–Trinajstić information content (AvgIpc) is 3.17. The summed E-state index contributed by atoms with van der Waals surface area (Å²) in [6.45, 7) is 0. The summed E-state index contributed by atoms with van der Waals surface area (Å²) in [6.07, 6.45) is 4.62. The molecule has 0 saturated carbocycles. The summed E-state index contributed by atoms with van der Waals surface area (Å²) in [6, 6.07) is 6.99. The van der Waals surface area contributed by atoms with Crippen LogP contribution in [0, 0.1) is 0 Å². The van der Waals surface area contributed by atoms with E-state index in [1.807, 2.05) is 0 Å². The maximum atomic E-state index is 12.5. The molecule has 1 aliphatic carbocycles. The lowest BCUT2D eigenvalue weighted by molar-refractivity contribution is -0.120. The lowest BCUT2D eigenvalue weighted by Crippen LogP contribution is -2.31. The number of hydrogen-bond donors (Lipinski definition) is 0. The van der Waals surface area contributed by atoms with Crippen molar-refractivity contribution in [3.63, 3.8) is 0 Å². The van der Waals surface area contributed by atoms with Crippen molar-refractivity contribution < 1.29 is 14.0 Å². The minimum absolute atomic E-state index is 0.176. The topological polar surface area (TPSA) is 76.3 Å². The molecule has 0 unspecified atom stereocenters. The van der Waals surface area contributed by atoms with Crippen LogP contribution in [0.25, 0.3) is 11.5 Å². The fourth-order valence-electron chi connectivity index (χ4n) is 3.03. The lowest BCUT2D eigenvalue weighted by atomic mass is 9.93. The highest BCUT2D eigenvalue weighted by atomic mass is 16.4. The Labute approximate surface area is 126 Å². The van der Waals surface area contributed by atoms with Gasteiger partial charge < -0.3 is 4.42 Å². The van der Waals surface area contributed by atoms with Gasteiger partial charge in [-0.3, -0.25) is 9.59 Å². The minimum Gasteiger partial charge on any atom is -0.423 e. The van der Waals surface area contributed by atoms with Gasteiger partial charge in [0.05, 0.1) is 5.69 Å². The maximum Gasteiger partial charge on any atom is 0.261 e. The number of anilines is 1. The monoisotopic (exact) mass is 295 g/mol. The first-order chi connectivity index (χ1) is 10.8. The van der Waals surface area contributed by atoms with Crippen molar-refractivity contribution in [2.45, 2.75) is 25.7 Å². The van der Waals surface area contributed by atoms with E-state index in [-0.39, 0.29) is 11.8 Å². The molecule has 110 valence electrons. The predicted octanol–water partition coefficient (Wildman–Crippen LogP) is 2.48. The van der Waals surface area contributed by atoms with Gasteiger partial charge in [0.1, 0.15) is 0 Å². The average molecular weight is 295 g/mol. The Hall–Kier alpha value is -2.76. The Balaban J connectivity index is 1.66. The zero-order valence-electron chi connectivity index (χ0n) is 11.8. The molecule has 0 atom stereocenters. The van der Waals surface area contributed by atoms with Crippen LogP contribution in [-0.4, -0.2) is 22.0 Å². The Morgan fingerprint density at radius 3 is 2.14 bits per heavy atom. The second kappa shape index (κ2) is 4.91. The smallest absolute Gasteiger partial charge is 0.261 e. The molecule has 0 saturated heterocycles. The van der Waals surface area contributed by atoms with Gasteiger partial charge in [-0.15, -0.1) is 10.2 Å². The van der Waals surface area contributed by atoms with E-state index in [9.17, 15) is 9.59 Å². The van der Waals surface area contributed by atoms with E-state index >= 15 is 0 Å². The van der Waals surface area contributed by atoms with Crippen LogP contribution in [0.4, 0.5) is 5.69 Å². The number of nitrogens with zero attached hydrogens (tertiary/aromatic N) is 3. The van der Waals surface area contributed by atoms with Crippen LogP contribution in [0.15, 0.2) is 46.2 Å². The van der Waals surface area contributed by atoms with Crippen LogP contribution in [0.2, 0.25) is 0 Å². The molecule has 0 radical (unpaired) electrons. The molecule has 1 aliphatic heterocycles. The van der Waals surface area contributed by atoms with Gasteiger partial charge in [-0.25, -0.2) is 4.90 Å². The van der Waals surface area contributed by atoms with E-state index in [0.717, 1.165) is 18.4 Å². The van der Waals surface area contributed by atoms with Gasteiger partial charge in [-0.05, 0) is 49.9 Å². The number of aromatic nitrogens is 2. The fraction of sp³-hybridized carbons (Fsp3) is 0.250. The number of rotatable bonds is 2. The summed E-state index contributed by atoms with van der Waals surface area (Å²) in [5.74, 6) is 0.0542. The predicted molar refractivity (Wildman–Crippen MR) is 77.7 cm³/mol. The molecular formula is C16H13N3O3. The summed E-state index contributed by atoms with van der Waals surface area (Å²) in [4.78, 5) is 26.2. The Kier molecular flexibility index (Phi) is 2.89. The Morgan fingerprint density at radius 1 is 0.955 bits per heavy atom. The van der Waals surface area contributed by atoms with Gasteiger partial charge in [0.2, 0.25) is 12.3 Å². The third kappa shape index (κ3) is 1.88. The van der Waals surface area contributed by atoms with Gasteiger partial charge in [0, 0.05) is 16.7 Å². The lowest BCUT2D eigenvalue weighted by Gasteiger charge is -2.15. The SMILES string of the molecule is O=C1C2=C(CCCC2)C(=O)N1c1ccc(-c2nnco2)cc1. The van der Waals surface area contributed by atoms with Gasteiger partial charge in [0.15, 0.2) is 0 Å².